The molecule has 1 atom stereocenters. The molecule has 0 aliphatic rings. The Bertz CT molecular complexity index is 201. The molecule has 0 spiro atoms. The normalized spacial score (nSPS) is 13.5. The number of hydrogen-bond donors (Lipinski definition) is 1. The summed E-state index contributed by atoms with van der Waals surface area (Å²) < 4.78 is 5.12. The molecule has 1 N–H and O–H groups in total. The molecule has 1 aromatic rings. The highest BCUT2D eigenvalue weighted by molar-refractivity contribution is 5.14. The molecular formula is C8H12O2. The van der Waals surface area contributed by atoms with Crippen LogP contribution in [-0.4, -0.2) is 11.2 Å². The van der Waals surface area contributed by atoms with Crippen LogP contribution in [0.4, 0.5) is 0 Å². The number of aliphatic hydroxyl groups excluding tert-OH is 1. The van der Waals surface area contributed by atoms with Gasteiger partial charge in [-0.15, -0.1) is 0 Å². The number of furan rings is 1. The van der Waals surface area contributed by atoms with Gasteiger partial charge >= 0.3 is 0 Å². The number of rotatable bonds is 2. The van der Waals surface area contributed by atoms with Gasteiger partial charge in [0.05, 0.1) is 12.4 Å². The van der Waals surface area contributed by atoms with Crippen molar-refractivity contribution in [3.8, 4) is 0 Å². The number of aliphatic hydroxyl groups is 1. The standard InChI is InChI=1S/C8H12O2/c1-6-3-4-10-8(6)5-7(2)9/h3-4,7,9H,5H2,1-2H3. The van der Waals surface area contributed by atoms with Crippen molar-refractivity contribution in [3.05, 3.63) is 23.7 Å². The van der Waals surface area contributed by atoms with Gasteiger partial charge in [0, 0.05) is 6.42 Å². The van der Waals surface area contributed by atoms with E-state index in [4.69, 9.17) is 9.52 Å². The summed E-state index contributed by atoms with van der Waals surface area (Å²) in [6, 6.07) is 1.90. The molecule has 0 aliphatic heterocycles. The van der Waals surface area contributed by atoms with Crippen LogP contribution < -0.4 is 0 Å². The molecule has 2 heteroatoms. The summed E-state index contributed by atoms with van der Waals surface area (Å²) >= 11 is 0. The van der Waals surface area contributed by atoms with Crippen LogP contribution in [0.25, 0.3) is 0 Å². The van der Waals surface area contributed by atoms with E-state index in [1.54, 1.807) is 13.2 Å². The second kappa shape index (κ2) is 2.88. The van der Waals surface area contributed by atoms with Crippen LogP contribution in [0.3, 0.4) is 0 Å². The Morgan fingerprint density at radius 2 is 2.40 bits per heavy atom. The van der Waals surface area contributed by atoms with E-state index in [2.05, 4.69) is 0 Å². The van der Waals surface area contributed by atoms with E-state index in [0.717, 1.165) is 11.3 Å². The fourth-order valence-corrected chi connectivity index (χ4v) is 0.882. The lowest BCUT2D eigenvalue weighted by Gasteiger charge is -2.00. The van der Waals surface area contributed by atoms with E-state index in [1.165, 1.54) is 0 Å². The Balaban J connectivity index is 2.65. The molecule has 0 saturated heterocycles. The molecule has 1 aromatic heterocycles. The maximum atomic E-state index is 8.99. The largest absolute Gasteiger partial charge is 0.469 e. The maximum Gasteiger partial charge on any atom is 0.109 e. The highest BCUT2D eigenvalue weighted by atomic mass is 16.3. The van der Waals surface area contributed by atoms with Crippen LogP contribution >= 0.6 is 0 Å². The molecule has 0 fully saturated rings. The van der Waals surface area contributed by atoms with Gasteiger partial charge in [0.25, 0.3) is 0 Å². The quantitative estimate of drug-likeness (QED) is 0.675. The van der Waals surface area contributed by atoms with Crippen molar-refractivity contribution in [1.82, 2.24) is 0 Å². The molecule has 1 unspecified atom stereocenters. The third-order valence-electron chi connectivity index (χ3n) is 1.45. The third-order valence-corrected chi connectivity index (χ3v) is 1.45. The van der Waals surface area contributed by atoms with Gasteiger partial charge in [0.1, 0.15) is 5.76 Å². The minimum absolute atomic E-state index is 0.315. The van der Waals surface area contributed by atoms with Crippen molar-refractivity contribution >= 4 is 0 Å². The molecule has 10 heavy (non-hydrogen) atoms. The van der Waals surface area contributed by atoms with Crippen molar-refractivity contribution in [2.45, 2.75) is 26.4 Å². The molecule has 0 aromatic carbocycles. The van der Waals surface area contributed by atoms with Crippen molar-refractivity contribution < 1.29 is 9.52 Å². The van der Waals surface area contributed by atoms with Gasteiger partial charge in [-0.25, -0.2) is 0 Å². The highest BCUT2D eigenvalue weighted by Crippen LogP contribution is 2.10. The maximum absolute atomic E-state index is 8.99. The van der Waals surface area contributed by atoms with E-state index in [9.17, 15) is 0 Å². The van der Waals surface area contributed by atoms with Gasteiger partial charge in [0.15, 0.2) is 0 Å². The van der Waals surface area contributed by atoms with E-state index >= 15 is 0 Å². The molecule has 1 rings (SSSR count). The van der Waals surface area contributed by atoms with Gasteiger partial charge in [0.2, 0.25) is 0 Å². The van der Waals surface area contributed by atoms with Crippen LogP contribution in [-0.2, 0) is 6.42 Å². The number of hydrogen-bond acceptors (Lipinski definition) is 2. The SMILES string of the molecule is Cc1ccoc1CC(C)O. The first kappa shape index (κ1) is 7.35. The second-order valence-corrected chi connectivity index (χ2v) is 2.58. The summed E-state index contributed by atoms with van der Waals surface area (Å²) in [5, 5.41) is 8.99. The lowest BCUT2D eigenvalue weighted by atomic mass is 10.2. The van der Waals surface area contributed by atoms with E-state index < -0.39 is 0 Å². The highest BCUT2D eigenvalue weighted by Gasteiger charge is 2.04. The molecule has 0 radical (unpaired) electrons. The summed E-state index contributed by atoms with van der Waals surface area (Å²) in [6.07, 6.45) is 1.94. The first-order chi connectivity index (χ1) is 4.70. The lowest BCUT2D eigenvalue weighted by Crippen LogP contribution is -2.03. The zero-order valence-corrected chi connectivity index (χ0v) is 6.29. The van der Waals surface area contributed by atoms with Gasteiger partial charge < -0.3 is 9.52 Å². The predicted octanol–water partition coefficient (Wildman–Crippen LogP) is 1.51. The first-order valence-electron chi connectivity index (χ1n) is 3.41. The Kier molecular flexibility index (Phi) is 2.12. The van der Waals surface area contributed by atoms with Gasteiger partial charge in [-0.05, 0) is 25.5 Å². The van der Waals surface area contributed by atoms with Crippen LogP contribution in [0, 0.1) is 6.92 Å². The van der Waals surface area contributed by atoms with Crippen molar-refractivity contribution in [3.63, 3.8) is 0 Å². The van der Waals surface area contributed by atoms with Gasteiger partial charge in [-0.2, -0.15) is 0 Å². The second-order valence-electron chi connectivity index (χ2n) is 2.58. The fourth-order valence-electron chi connectivity index (χ4n) is 0.882. The minimum Gasteiger partial charge on any atom is -0.469 e. The average Bonchev–Trinajstić information content (AvgIpc) is 2.15. The lowest BCUT2D eigenvalue weighted by molar-refractivity contribution is 0.187. The number of aryl methyl sites for hydroxylation is 1. The Labute approximate surface area is 60.5 Å². The summed E-state index contributed by atoms with van der Waals surface area (Å²) in [6.45, 7) is 3.73. The Hall–Kier alpha value is -0.760. The first-order valence-corrected chi connectivity index (χ1v) is 3.41. The average molecular weight is 140 g/mol. The summed E-state index contributed by atoms with van der Waals surface area (Å²) in [7, 11) is 0. The molecule has 0 saturated carbocycles. The predicted molar refractivity (Wildman–Crippen MR) is 38.8 cm³/mol. The van der Waals surface area contributed by atoms with Crippen LogP contribution in [0.1, 0.15) is 18.2 Å². The Morgan fingerprint density at radius 3 is 2.80 bits per heavy atom. The van der Waals surface area contributed by atoms with Crippen molar-refractivity contribution in [2.75, 3.05) is 0 Å². The van der Waals surface area contributed by atoms with Crippen LogP contribution in [0.5, 0.6) is 0 Å². The zero-order valence-electron chi connectivity index (χ0n) is 6.29. The molecule has 56 valence electrons. The molecule has 1 heterocycles. The van der Waals surface area contributed by atoms with E-state index in [0.29, 0.717) is 6.42 Å². The fraction of sp³-hybridized carbons (Fsp3) is 0.500. The molecule has 2 nitrogen and oxygen atoms in total. The molecule has 0 aliphatic carbocycles. The van der Waals surface area contributed by atoms with Crippen molar-refractivity contribution in [2.24, 2.45) is 0 Å². The van der Waals surface area contributed by atoms with Crippen LogP contribution in [0.2, 0.25) is 0 Å². The summed E-state index contributed by atoms with van der Waals surface area (Å²) in [4.78, 5) is 0. The third kappa shape index (κ3) is 1.61. The van der Waals surface area contributed by atoms with E-state index in [-0.39, 0.29) is 6.10 Å². The summed E-state index contributed by atoms with van der Waals surface area (Å²) in [5.74, 6) is 0.884. The zero-order chi connectivity index (χ0) is 7.56. The minimum atomic E-state index is -0.315. The van der Waals surface area contributed by atoms with E-state index in [1.807, 2.05) is 13.0 Å². The van der Waals surface area contributed by atoms with Crippen LogP contribution in [0.15, 0.2) is 16.7 Å². The van der Waals surface area contributed by atoms with Crippen molar-refractivity contribution in [1.29, 1.82) is 0 Å². The Morgan fingerprint density at radius 1 is 1.70 bits per heavy atom. The van der Waals surface area contributed by atoms with Gasteiger partial charge in [-0.1, -0.05) is 0 Å². The topological polar surface area (TPSA) is 33.4 Å². The van der Waals surface area contributed by atoms with Gasteiger partial charge in [-0.3, -0.25) is 0 Å². The molecule has 0 bridgehead atoms. The monoisotopic (exact) mass is 140 g/mol. The smallest absolute Gasteiger partial charge is 0.109 e. The molecular weight excluding hydrogens is 128 g/mol. The molecule has 0 amide bonds. The summed E-state index contributed by atoms with van der Waals surface area (Å²) in [5.41, 5.74) is 1.11.